The number of rotatable bonds is 2. The van der Waals surface area contributed by atoms with E-state index >= 15 is 0 Å². The van der Waals surface area contributed by atoms with Crippen molar-refractivity contribution >= 4 is 34.3 Å². The molecule has 47 heavy (non-hydrogen) atoms. The monoisotopic (exact) mass is 812 g/mol. The van der Waals surface area contributed by atoms with Gasteiger partial charge in [-0.1, -0.05) is 84.2 Å². The summed E-state index contributed by atoms with van der Waals surface area (Å²) < 4.78 is 8.65. The molecule has 276 valence electrons. The first-order valence-electron chi connectivity index (χ1n) is 13.5. The van der Waals surface area contributed by atoms with E-state index in [2.05, 4.69) is 60.4 Å². The average Bonchev–Trinajstić information content (AvgIpc) is 3.03. The normalized spacial score (nSPS) is 5.15. The van der Waals surface area contributed by atoms with Crippen molar-refractivity contribution in [2.45, 2.75) is 123 Å². The number of hydrogen-bond donors (Lipinski definition) is 3. The van der Waals surface area contributed by atoms with Crippen LogP contribution in [-0.4, -0.2) is 78.1 Å². The van der Waals surface area contributed by atoms with E-state index in [1.165, 1.54) is 14.0 Å². The van der Waals surface area contributed by atoms with Crippen molar-refractivity contribution in [3.63, 3.8) is 0 Å². The van der Waals surface area contributed by atoms with Crippen LogP contribution in [-0.2, 0) is 28.7 Å². The number of hydrogen-bond acceptors (Lipinski definition) is 10. The number of carbonyl (C=O) groups is 3. The van der Waals surface area contributed by atoms with Crippen molar-refractivity contribution in [2.24, 2.45) is 0 Å². The van der Waals surface area contributed by atoms with E-state index in [-0.39, 0.29) is 152 Å². The zero-order chi connectivity index (χ0) is 38.7. The molecule has 0 spiro atoms. The Balaban J connectivity index is -0.0000000128. The van der Waals surface area contributed by atoms with E-state index in [0.717, 1.165) is 26.0 Å². The Labute approximate surface area is 409 Å². The van der Waals surface area contributed by atoms with Gasteiger partial charge in [-0.3, -0.25) is 14.4 Å². The summed E-state index contributed by atoms with van der Waals surface area (Å²) in [5.74, 6) is 8.69. The van der Waals surface area contributed by atoms with Gasteiger partial charge in [0.15, 0.2) is 0 Å². The van der Waals surface area contributed by atoms with E-state index in [0.29, 0.717) is 0 Å². The first-order valence-corrected chi connectivity index (χ1v) is 14.6. The number of terminal acetylenes is 2. The molecule has 0 aromatic carbocycles. The van der Waals surface area contributed by atoms with E-state index < -0.39 is 11.6 Å². The van der Waals surface area contributed by atoms with Crippen LogP contribution in [0, 0.1) is 36.5 Å². The van der Waals surface area contributed by atoms with Crippen LogP contribution in [0.15, 0.2) is 0 Å². The van der Waals surface area contributed by atoms with Gasteiger partial charge in [-0.2, -0.15) is 0 Å². The Morgan fingerprint density at radius 2 is 1.00 bits per heavy atom. The maximum Gasteiger partial charge on any atom is 1.00 e. The van der Waals surface area contributed by atoms with E-state index in [4.69, 9.17) is 36.6 Å². The van der Waals surface area contributed by atoms with Crippen LogP contribution in [0.25, 0.3) is 0 Å². The number of aliphatic carboxylic acids is 1. The second-order valence-corrected chi connectivity index (χ2v) is 5.87. The predicted octanol–water partition coefficient (Wildman–Crippen LogP) is -2.52. The van der Waals surface area contributed by atoms with Gasteiger partial charge in [0.2, 0.25) is 0 Å². The fourth-order valence-corrected chi connectivity index (χ4v) is 0. The maximum absolute atomic E-state index is 9.59. The fourth-order valence-electron chi connectivity index (χ4n) is 0. The smallest absolute Gasteiger partial charge is 1.00 e. The number of aliphatic hydroxyl groups excluding tert-OH is 1. The predicted molar refractivity (Wildman–Crippen MR) is 191 cm³/mol. The topological polar surface area (TPSA) is 193 Å². The summed E-state index contributed by atoms with van der Waals surface area (Å²) in [5.41, 5.74) is -0.931. The summed E-state index contributed by atoms with van der Waals surface area (Å²) in [4.78, 5) is 29.8. The first-order chi connectivity index (χ1) is 20.1. The van der Waals surface area contributed by atoms with Gasteiger partial charge in [0.05, 0.1) is 7.11 Å². The number of alkyl halides is 1. The fraction of sp³-hybridized carbons (Fsp3) is 0.719. The van der Waals surface area contributed by atoms with Gasteiger partial charge in [0, 0.05) is 40.0 Å². The molecule has 0 bridgehead atoms. The second kappa shape index (κ2) is 185. The Morgan fingerprint density at radius 1 is 0.894 bits per heavy atom. The Bertz CT molecular complexity index is 525. The molecule has 0 aliphatic carbocycles. The Hall–Kier alpha value is 1.64. The van der Waals surface area contributed by atoms with Gasteiger partial charge in [-0.25, -0.2) is 0 Å². The molecular formula is C32H72BrK2NaO11. The molecule has 0 atom stereocenters. The minimum Gasteiger partial charge on any atom is -1.00 e. The van der Waals surface area contributed by atoms with Crippen LogP contribution in [0.4, 0.5) is 0 Å². The molecule has 0 aromatic heterocycles. The number of aliphatic hydroxyl groups is 2. The van der Waals surface area contributed by atoms with Crippen LogP contribution in [0.5, 0.6) is 0 Å². The van der Waals surface area contributed by atoms with Crippen molar-refractivity contribution in [2.75, 3.05) is 33.3 Å². The molecule has 0 saturated carbocycles. The van der Waals surface area contributed by atoms with Crippen LogP contribution in [0.2, 0.25) is 0 Å². The molecule has 0 aromatic rings. The number of carboxylic acids is 1. The SMILES string of the molecule is C#CC.C#CC(C)(C)O.CC.CC.CC.CC.CC#CC.CC(=O)O.CCBr.CCOC.CO.COC(C)=O.O=CO[O-].[H-].[K+].[K+].[Na+].[OH-]. The van der Waals surface area contributed by atoms with Crippen molar-refractivity contribution in [1.29, 1.82) is 0 Å². The zero-order valence-corrected chi connectivity index (χ0v) is 44.5. The van der Waals surface area contributed by atoms with Gasteiger partial charge < -0.3 is 41.8 Å². The van der Waals surface area contributed by atoms with Gasteiger partial charge >= 0.3 is 138 Å². The van der Waals surface area contributed by atoms with Crippen LogP contribution in [0.3, 0.4) is 0 Å². The summed E-state index contributed by atoms with van der Waals surface area (Å²) >= 11 is 3.15. The van der Waals surface area contributed by atoms with Crippen molar-refractivity contribution in [1.82, 2.24) is 0 Å². The van der Waals surface area contributed by atoms with Gasteiger partial charge in [-0.05, 0) is 41.5 Å². The van der Waals surface area contributed by atoms with E-state index in [1.54, 1.807) is 27.9 Å². The number of halogens is 1. The van der Waals surface area contributed by atoms with Gasteiger partial charge in [-0.15, -0.1) is 30.6 Å². The van der Waals surface area contributed by atoms with Crippen molar-refractivity contribution in [3.8, 4) is 36.5 Å². The largest absolute Gasteiger partial charge is 1.00 e. The summed E-state index contributed by atoms with van der Waals surface area (Å²) in [6.07, 6.45) is 9.40. The molecule has 4 N–H and O–H groups in total. The van der Waals surface area contributed by atoms with Crippen molar-refractivity contribution in [3.05, 3.63) is 0 Å². The number of methoxy groups -OCH3 is 2. The minimum atomic E-state index is -0.931. The molecule has 0 heterocycles. The van der Waals surface area contributed by atoms with E-state index in [1.807, 2.05) is 83.1 Å². The van der Waals surface area contributed by atoms with Crippen molar-refractivity contribution < 1.29 is 189 Å². The van der Waals surface area contributed by atoms with Gasteiger partial charge in [0.25, 0.3) is 12.4 Å². The zero-order valence-electron chi connectivity index (χ0n) is 35.7. The molecular weight excluding hydrogens is 741 g/mol. The standard InChI is InChI=1S/C5H8O.C4H6.C3H6O2.C3H8O.C3H4.C2H5Br.C2H4O2.4C2H6.CH2O3.CH4O.2K.Na.H2O.H/c1-4-5(2,3)6;1-3-4-2;1-3(4)5-2;1-3-4-2;1-3-2;1-2-3;1-2(3)4;4*1-2;2-1-4-3;1-2;;;;;/h1,6H,2-3H3;1-2H3;1-2H3;3H2,1-2H3;1H,2H3;2H2,1H3;1H3,(H,3,4);4*1-2H3;1,3H;2H,1H3;;;;1H2;/q;;;;;;;;;;;;;3*+1;;-1/p-2. The minimum absolute atomic E-state index is 0. The maximum atomic E-state index is 9.59. The second-order valence-electron chi connectivity index (χ2n) is 4.74. The third-order valence-corrected chi connectivity index (χ3v) is 1.22. The molecule has 0 amide bonds. The number of carbonyl (C=O) groups excluding carboxylic acids is 2. The molecule has 0 fully saturated rings. The molecule has 0 aliphatic heterocycles. The van der Waals surface area contributed by atoms with Crippen LogP contribution >= 0.6 is 15.9 Å². The van der Waals surface area contributed by atoms with E-state index in [9.17, 15) is 4.79 Å². The summed E-state index contributed by atoms with van der Waals surface area (Å²) in [6.45, 7) is 31.5. The van der Waals surface area contributed by atoms with Crippen LogP contribution in [0.1, 0.15) is 119 Å². The van der Waals surface area contributed by atoms with Gasteiger partial charge in [0.1, 0.15) is 5.60 Å². The number of ether oxygens (including phenoxy) is 2. The number of esters is 1. The quantitative estimate of drug-likeness (QED) is 0.0508. The summed E-state index contributed by atoms with van der Waals surface area (Å²) in [5, 5.41) is 32.5. The molecule has 0 aliphatic rings. The summed E-state index contributed by atoms with van der Waals surface area (Å²) in [6, 6.07) is 0. The summed E-state index contributed by atoms with van der Waals surface area (Å²) in [7, 11) is 4.03. The molecule has 0 unspecified atom stereocenters. The molecule has 0 saturated heterocycles. The molecule has 15 heteroatoms. The van der Waals surface area contributed by atoms with Crippen LogP contribution < -0.4 is 138 Å². The Morgan fingerprint density at radius 3 is 1.00 bits per heavy atom. The molecule has 11 nitrogen and oxygen atoms in total. The third kappa shape index (κ3) is 1070. The average molecular weight is 814 g/mol. The first kappa shape index (κ1) is 110. The molecule has 0 radical (unpaired) electrons. The Kier molecular flexibility index (Phi) is 435. The number of carboxylic acid groups (broad SMARTS) is 1. The molecule has 0 rings (SSSR count). The third-order valence-electron chi connectivity index (χ3n) is 1.22.